The Balaban J connectivity index is 1.54. The van der Waals surface area contributed by atoms with Crippen LogP contribution in [-0.4, -0.2) is 29.9 Å². The van der Waals surface area contributed by atoms with Crippen molar-refractivity contribution in [1.29, 1.82) is 0 Å². The molecule has 0 unspecified atom stereocenters. The molecular weight excluding hydrogens is 302 g/mol. The van der Waals surface area contributed by atoms with Gasteiger partial charge in [-0.15, -0.1) is 0 Å². The van der Waals surface area contributed by atoms with Gasteiger partial charge >= 0.3 is 0 Å². The molecule has 1 N–H and O–H groups in total. The molecular formula is C16H18ClN3O2. The zero-order valence-electron chi connectivity index (χ0n) is 12.2. The van der Waals surface area contributed by atoms with Gasteiger partial charge in [-0.25, -0.2) is 5.10 Å². The van der Waals surface area contributed by atoms with Crippen LogP contribution in [0.1, 0.15) is 12.8 Å². The number of aromatic amines is 1. The number of nitrogens with zero attached hydrogens (tertiary/aromatic N) is 2. The van der Waals surface area contributed by atoms with Crippen molar-refractivity contribution in [3.05, 3.63) is 51.9 Å². The molecule has 0 amide bonds. The number of anilines is 1. The van der Waals surface area contributed by atoms with Crippen LogP contribution in [0.2, 0.25) is 5.02 Å². The molecule has 2 aromatic rings. The second-order valence-electron chi connectivity index (χ2n) is 5.45. The molecule has 1 saturated heterocycles. The fraction of sp³-hybridized carbons (Fsp3) is 0.375. The Morgan fingerprint density at radius 1 is 1.27 bits per heavy atom. The maximum Gasteiger partial charge on any atom is 0.285 e. The zero-order chi connectivity index (χ0) is 15.4. The lowest BCUT2D eigenvalue weighted by Gasteiger charge is -2.33. The van der Waals surface area contributed by atoms with E-state index in [0.717, 1.165) is 38.3 Å². The van der Waals surface area contributed by atoms with Crippen LogP contribution in [0.25, 0.3) is 0 Å². The number of halogens is 1. The van der Waals surface area contributed by atoms with Crippen molar-refractivity contribution >= 4 is 17.3 Å². The van der Waals surface area contributed by atoms with Gasteiger partial charge in [-0.3, -0.25) is 4.79 Å². The first-order chi connectivity index (χ1) is 10.7. The number of hydrogen-bond donors (Lipinski definition) is 1. The van der Waals surface area contributed by atoms with Gasteiger partial charge in [-0.2, -0.15) is 5.10 Å². The molecule has 0 atom stereocenters. The van der Waals surface area contributed by atoms with E-state index >= 15 is 0 Å². The summed E-state index contributed by atoms with van der Waals surface area (Å²) in [4.78, 5) is 13.6. The third-order valence-electron chi connectivity index (χ3n) is 3.96. The summed E-state index contributed by atoms with van der Waals surface area (Å²) in [5.74, 6) is 1.43. The van der Waals surface area contributed by atoms with E-state index in [1.807, 2.05) is 30.3 Å². The first-order valence-electron chi connectivity index (χ1n) is 7.40. The van der Waals surface area contributed by atoms with Crippen molar-refractivity contribution in [2.24, 2.45) is 5.92 Å². The van der Waals surface area contributed by atoms with Crippen LogP contribution >= 0.6 is 11.6 Å². The maximum absolute atomic E-state index is 11.5. The van der Waals surface area contributed by atoms with Gasteiger partial charge < -0.3 is 9.64 Å². The molecule has 0 spiro atoms. The summed E-state index contributed by atoms with van der Waals surface area (Å²) in [7, 11) is 0. The number of piperidine rings is 1. The zero-order valence-corrected chi connectivity index (χ0v) is 12.9. The topological polar surface area (TPSA) is 58.2 Å². The van der Waals surface area contributed by atoms with E-state index in [-0.39, 0.29) is 10.6 Å². The standard InChI is InChI=1S/C16H18ClN3O2/c17-15-14(10-18-19-16(15)21)20-8-6-12(7-9-20)11-22-13-4-2-1-3-5-13/h1-5,10,12H,6-9,11H2,(H,19,21). The average molecular weight is 320 g/mol. The van der Waals surface area contributed by atoms with Crippen molar-refractivity contribution < 1.29 is 4.74 Å². The SMILES string of the molecule is O=c1[nH]ncc(N2CCC(COc3ccccc3)CC2)c1Cl. The van der Waals surface area contributed by atoms with Crippen LogP contribution in [0, 0.1) is 5.92 Å². The summed E-state index contributed by atoms with van der Waals surface area (Å²) >= 11 is 6.05. The minimum atomic E-state index is -0.339. The Kier molecular flexibility index (Phi) is 4.63. The van der Waals surface area contributed by atoms with Crippen LogP contribution in [0.15, 0.2) is 41.3 Å². The van der Waals surface area contributed by atoms with Crippen molar-refractivity contribution in [2.45, 2.75) is 12.8 Å². The molecule has 116 valence electrons. The maximum atomic E-state index is 11.5. The molecule has 22 heavy (non-hydrogen) atoms. The van der Waals surface area contributed by atoms with E-state index in [4.69, 9.17) is 16.3 Å². The quantitative estimate of drug-likeness (QED) is 0.941. The first kappa shape index (κ1) is 14.9. The molecule has 1 aromatic heterocycles. The largest absolute Gasteiger partial charge is 0.493 e. The minimum Gasteiger partial charge on any atom is -0.493 e. The Morgan fingerprint density at radius 3 is 2.73 bits per heavy atom. The van der Waals surface area contributed by atoms with Crippen molar-refractivity contribution in [3.63, 3.8) is 0 Å². The molecule has 5 nitrogen and oxygen atoms in total. The predicted molar refractivity (Wildman–Crippen MR) is 86.7 cm³/mol. The first-order valence-corrected chi connectivity index (χ1v) is 7.78. The van der Waals surface area contributed by atoms with E-state index < -0.39 is 0 Å². The molecule has 1 aliphatic heterocycles. The number of rotatable bonds is 4. The number of nitrogens with one attached hydrogen (secondary N) is 1. The fourth-order valence-corrected chi connectivity index (χ4v) is 2.88. The molecule has 0 aliphatic carbocycles. The number of hydrogen-bond acceptors (Lipinski definition) is 4. The van der Waals surface area contributed by atoms with E-state index in [2.05, 4.69) is 15.1 Å². The van der Waals surface area contributed by atoms with E-state index in [1.165, 1.54) is 0 Å². The molecule has 1 aliphatic rings. The Labute approximate surface area is 133 Å². The van der Waals surface area contributed by atoms with Gasteiger partial charge in [0.15, 0.2) is 0 Å². The van der Waals surface area contributed by atoms with E-state index in [0.29, 0.717) is 11.6 Å². The van der Waals surface area contributed by atoms with Crippen LogP contribution in [-0.2, 0) is 0 Å². The van der Waals surface area contributed by atoms with Gasteiger partial charge in [0.2, 0.25) is 0 Å². The Hall–Kier alpha value is -2.01. The van der Waals surface area contributed by atoms with Gasteiger partial charge in [0, 0.05) is 13.1 Å². The highest BCUT2D eigenvalue weighted by Crippen LogP contribution is 2.26. The summed E-state index contributed by atoms with van der Waals surface area (Å²) in [5, 5.41) is 6.39. The van der Waals surface area contributed by atoms with Gasteiger partial charge in [0.1, 0.15) is 10.8 Å². The van der Waals surface area contributed by atoms with Crippen LogP contribution < -0.4 is 15.2 Å². The van der Waals surface area contributed by atoms with Crippen molar-refractivity contribution in [1.82, 2.24) is 10.2 Å². The third-order valence-corrected chi connectivity index (χ3v) is 4.33. The number of ether oxygens (including phenoxy) is 1. The fourth-order valence-electron chi connectivity index (χ4n) is 2.67. The van der Waals surface area contributed by atoms with E-state index in [1.54, 1.807) is 6.20 Å². The van der Waals surface area contributed by atoms with E-state index in [9.17, 15) is 4.79 Å². The summed E-state index contributed by atoms with van der Waals surface area (Å²) in [5.41, 5.74) is 0.376. The highest BCUT2D eigenvalue weighted by molar-refractivity contribution is 6.32. The molecule has 3 rings (SSSR count). The third kappa shape index (κ3) is 3.42. The summed E-state index contributed by atoms with van der Waals surface area (Å²) < 4.78 is 5.82. The van der Waals surface area contributed by atoms with Gasteiger partial charge in [-0.05, 0) is 30.9 Å². The number of H-pyrrole nitrogens is 1. The predicted octanol–water partition coefficient (Wildman–Crippen LogP) is 2.72. The number of aromatic nitrogens is 2. The Bertz CT molecular complexity index is 667. The minimum absolute atomic E-state index is 0.217. The molecule has 0 saturated carbocycles. The normalized spacial score (nSPS) is 15.8. The highest BCUT2D eigenvalue weighted by atomic mass is 35.5. The molecule has 1 fully saturated rings. The van der Waals surface area contributed by atoms with Crippen LogP contribution in [0.4, 0.5) is 5.69 Å². The lowest BCUT2D eigenvalue weighted by molar-refractivity contribution is 0.223. The number of para-hydroxylation sites is 1. The van der Waals surface area contributed by atoms with Gasteiger partial charge in [0.05, 0.1) is 18.5 Å². The lowest BCUT2D eigenvalue weighted by atomic mass is 9.97. The lowest BCUT2D eigenvalue weighted by Crippen LogP contribution is -2.36. The summed E-state index contributed by atoms with van der Waals surface area (Å²) in [6.45, 7) is 2.43. The highest BCUT2D eigenvalue weighted by Gasteiger charge is 2.22. The van der Waals surface area contributed by atoms with Gasteiger partial charge in [-0.1, -0.05) is 29.8 Å². The molecule has 1 aromatic carbocycles. The van der Waals surface area contributed by atoms with Crippen LogP contribution in [0.5, 0.6) is 5.75 Å². The van der Waals surface area contributed by atoms with Gasteiger partial charge in [0.25, 0.3) is 5.56 Å². The number of benzene rings is 1. The second kappa shape index (κ2) is 6.83. The van der Waals surface area contributed by atoms with Crippen molar-refractivity contribution in [3.8, 4) is 5.75 Å². The molecule has 2 heterocycles. The van der Waals surface area contributed by atoms with Crippen molar-refractivity contribution in [2.75, 3.05) is 24.6 Å². The second-order valence-corrected chi connectivity index (χ2v) is 5.83. The summed E-state index contributed by atoms with van der Waals surface area (Å²) in [6, 6.07) is 9.86. The molecule has 0 bridgehead atoms. The average Bonchev–Trinajstić information content (AvgIpc) is 2.57. The molecule has 0 radical (unpaired) electrons. The Morgan fingerprint density at radius 2 is 2.00 bits per heavy atom. The monoisotopic (exact) mass is 319 g/mol. The summed E-state index contributed by atoms with van der Waals surface area (Å²) in [6.07, 6.45) is 3.64. The smallest absolute Gasteiger partial charge is 0.285 e. The molecule has 6 heteroatoms. The van der Waals surface area contributed by atoms with Crippen LogP contribution in [0.3, 0.4) is 0 Å².